The predicted octanol–water partition coefficient (Wildman–Crippen LogP) is 3.85. The molecule has 0 saturated carbocycles. The summed E-state index contributed by atoms with van der Waals surface area (Å²) in [6.07, 6.45) is 6.64. The smallest absolute Gasteiger partial charge is 0.216 e. The van der Waals surface area contributed by atoms with Crippen LogP contribution in [0.25, 0.3) is 0 Å². The van der Waals surface area contributed by atoms with Crippen molar-refractivity contribution in [3.63, 3.8) is 0 Å². The first-order valence-corrected chi connectivity index (χ1v) is 9.35. The molecule has 1 aromatic heterocycles. The van der Waals surface area contributed by atoms with E-state index in [1.807, 2.05) is 32.5 Å². The van der Waals surface area contributed by atoms with Gasteiger partial charge in [-0.15, -0.1) is 0 Å². The molecule has 1 aromatic rings. The molecule has 2 rings (SSSR count). The van der Waals surface area contributed by atoms with Gasteiger partial charge in [0, 0.05) is 35.4 Å². The molecule has 1 aliphatic heterocycles. The summed E-state index contributed by atoms with van der Waals surface area (Å²) in [5.74, 6) is 0.469. The number of aliphatic imine (C=N–C) groups is 1. The highest BCUT2D eigenvalue weighted by molar-refractivity contribution is 5.83. The van der Waals surface area contributed by atoms with Crippen LogP contribution in [-0.4, -0.2) is 36.6 Å². The van der Waals surface area contributed by atoms with Gasteiger partial charge in [0.2, 0.25) is 5.88 Å². The van der Waals surface area contributed by atoms with E-state index in [0.717, 1.165) is 23.1 Å². The number of aryl methyl sites for hydroxylation is 1. The number of nitrogens with zero attached hydrogens (tertiary/aromatic N) is 2. The van der Waals surface area contributed by atoms with Gasteiger partial charge in [0.15, 0.2) is 0 Å². The molecule has 0 fully saturated rings. The van der Waals surface area contributed by atoms with Crippen molar-refractivity contribution in [2.24, 2.45) is 4.99 Å². The van der Waals surface area contributed by atoms with Crippen LogP contribution in [0, 0.1) is 6.92 Å². The van der Waals surface area contributed by atoms with E-state index in [1.165, 1.54) is 25.1 Å². The minimum atomic E-state index is -1.38. The molecule has 1 unspecified atom stereocenters. The number of alkyl halides is 1. The lowest BCUT2D eigenvalue weighted by Gasteiger charge is -2.26. The van der Waals surface area contributed by atoms with Crippen molar-refractivity contribution >= 4 is 6.21 Å². The Morgan fingerprint density at radius 3 is 2.74 bits per heavy atom. The van der Waals surface area contributed by atoms with Crippen LogP contribution in [0.3, 0.4) is 0 Å². The molecule has 0 spiro atoms. The topological polar surface area (TPSA) is 58.5 Å². The van der Waals surface area contributed by atoms with Crippen LogP contribution in [0.1, 0.15) is 45.2 Å². The number of halogens is 1. The molecule has 2 heterocycles. The molecule has 0 aliphatic carbocycles. The fourth-order valence-electron chi connectivity index (χ4n) is 2.98. The number of hydrogen-bond donors (Lipinski definition) is 2. The first-order chi connectivity index (χ1) is 12.7. The average Bonchev–Trinajstić information content (AvgIpc) is 2.60. The second-order valence-corrected chi connectivity index (χ2v) is 7.48. The number of nitrogens with one attached hydrogen (secondary N) is 2. The molecule has 5 nitrogen and oxygen atoms in total. The molecule has 2 N–H and O–H groups in total. The van der Waals surface area contributed by atoms with Crippen molar-refractivity contribution in [2.75, 3.05) is 13.7 Å². The summed E-state index contributed by atoms with van der Waals surface area (Å²) in [5.41, 5.74) is 4.06. The second-order valence-electron chi connectivity index (χ2n) is 7.48. The predicted molar refractivity (Wildman–Crippen MR) is 109 cm³/mol. The van der Waals surface area contributed by atoms with Gasteiger partial charge in [0.05, 0.1) is 12.6 Å². The monoisotopic (exact) mass is 374 g/mol. The Morgan fingerprint density at radius 1 is 1.41 bits per heavy atom. The molecule has 1 atom stereocenters. The maximum atomic E-state index is 13.6. The molecule has 0 bridgehead atoms. The van der Waals surface area contributed by atoms with Gasteiger partial charge in [-0.3, -0.25) is 4.99 Å². The molecular formula is C21H31FN4O. The number of ether oxygens (including phenoxy) is 1. The quantitative estimate of drug-likeness (QED) is 0.679. The van der Waals surface area contributed by atoms with Crippen LogP contribution in [0.15, 0.2) is 40.3 Å². The summed E-state index contributed by atoms with van der Waals surface area (Å²) in [6.45, 7) is 9.62. The van der Waals surface area contributed by atoms with E-state index in [-0.39, 0.29) is 12.6 Å². The molecule has 27 heavy (non-hydrogen) atoms. The van der Waals surface area contributed by atoms with Gasteiger partial charge in [-0.1, -0.05) is 6.92 Å². The number of dihydropyridines is 1. The molecule has 0 saturated heterocycles. The Hall–Kier alpha value is -2.21. The van der Waals surface area contributed by atoms with Crippen molar-refractivity contribution in [3.8, 4) is 5.88 Å². The zero-order valence-electron chi connectivity index (χ0n) is 17.2. The Morgan fingerprint density at radius 2 is 2.15 bits per heavy atom. The SMILES string of the molecule is CCC1=C(C=NCc2cnc(OCC(C)(C)F)c(C)c2)C(NC)C(C)=CN1. The highest BCUT2D eigenvalue weighted by atomic mass is 19.1. The summed E-state index contributed by atoms with van der Waals surface area (Å²) in [4.78, 5) is 8.93. The second kappa shape index (κ2) is 9.13. The Bertz CT molecular complexity index is 747. The van der Waals surface area contributed by atoms with E-state index < -0.39 is 5.67 Å². The van der Waals surface area contributed by atoms with Crippen molar-refractivity contribution in [2.45, 2.75) is 59.3 Å². The Labute approximate surface area is 161 Å². The van der Waals surface area contributed by atoms with Crippen molar-refractivity contribution < 1.29 is 9.13 Å². The van der Waals surface area contributed by atoms with Crippen molar-refractivity contribution in [1.29, 1.82) is 0 Å². The van der Waals surface area contributed by atoms with Crippen LogP contribution in [0.2, 0.25) is 0 Å². The van der Waals surface area contributed by atoms with E-state index in [4.69, 9.17) is 4.74 Å². The number of allylic oxidation sites excluding steroid dienone is 1. The average molecular weight is 375 g/mol. The minimum absolute atomic E-state index is 0.0163. The molecule has 6 heteroatoms. The third-order valence-electron chi connectivity index (χ3n) is 4.37. The van der Waals surface area contributed by atoms with Gasteiger partial charge in [0.25, 0.3) is 0 Å². The summed E-state index contributed by atoms with van der Waals surface area (Å²) in [6, 6.07) is 2.16. The fraction of sp³-hybridized carbons (Fsp3) is 0.524. The van der Waals surface area contributed by atoms with E-state index in [2.05, 4.69) is 34.5 Å². The lowest BCUT2D eigenvalue weighted by atomic mass is 9.95. The van der Waals surface area contributed by atoms with Crippen LogP contribution < -0.4 is 15.4 Å². The summed E-state index contributed by atoms with van der Waals surface area (Å²) < 4.78 is 19.1. The molecular weight excluding hydrogens is 343 g/mol. The highest BCUT2D eigenvalue weighted by Crippen LogP contribution is 2.21. The number of pyridine rings is 1. The summed E-state index contributed by atoms with van der Waals surface area (Å²) in [7, 11) is 1.96. The summed E-state index contributed by atoms with van der Waals surface area (Å²) in [5, 5.41) is 6.69. The Kier molecular flexibility index (Phi) is 7.13. The number of likely N-dealkylation sites (N-methyl/N-ethyl adjacent to an activating group) is 1. The highest BCUT2D eigenvalue weighted by Gasteiger charge is 2.20. The number of rotatable bonds is 8. The first kappa shape index (κ1) is 21.1. The van der Waals surface area contributed by atoms with Crippen LogP contribution in [0.4, 0.5) is 4.39 Å². The zero-order valence-corrected chi connectivity index (χ0v) is 17.2. The number of aromatic nitrogens is 1. The van der Waals surface area contributed by atoms with E-state index in [0.29, 0.717) is 12.4 Å². The molecule has 1 aliphatic rings. The van der Waals surface area contributed by atoms with E-state index in [1.54, 1.807) is 6.20 Å². The normalized spacial score (nSPS) is 17.9. The minimum Gasteiger partial charge on any atom is -0.474 e. The van der Waals surface area contributed by atoms with Crippen molar-refractivity contribution in [3.05, 3.63) is 46.4 Å². The van der Waals surface area contributed by atoms with E-state index in [9.17, 15) is 4.39 Å². The number of hydrogen-bond acceptors (Lipinski definition) is 5. The third kappa shape index (κ3) is 5.89. The van der Waals surface area contributed by atoms with Gasteiger partial charge in [-0.2, -0.15) is 0 Å². The Balaban J connectivity index is 2.07. The maximum absolute atomic E-state index is 13.6. The molecule has 0 radical (unpaired) electrons. The van der Waals surface area contributed by atoms with Crippen molar-refractivity contribution in [1.82, 2.24) is 15.6 Å². The molecule has 0 aromatic carbocycles. The maximum Gasteiger partial charge on any atom is 0.216 e. The molecule has 148 valence electrons. The largest absolute Gasteiger partial charge is 0.474 e. The van der Waals surface area contributed by atoms with Gasteiger partial charge in [-0.05, 0) is 58.4 Å². The van der Waals surface area contributed by atoms with Gasteiger partial charge >= 0.3 is 0 Å². The third-order valence-corrected chi connectivity index (χ3v) is 4.37. The van der Waals surface area contributed by atoms with Crippen LogP contribution in [-0.2, 0) is 6.54 Å². The van der Waals surface area contributed by atoms with Crippen LogP contribution >= 0.6 is 0 Å². The van der Waals surface area contributed by atoms with Gasteiger partial charge < -0.3 is 15.4 Å². The zero-order chi connectivity index (χ0) is 20.0. The van der Waals surface area contributed by atoms with Crippen LogP contribution in [0.5, 0.6) is 5.88 Å². The van der Waals surface area contributed by atoms with Gasteiger partial charge in [-0.25, -0.2) is 9.37 Å². The lowest BCUT2D eigenvalue weighted by Crippen LogP contribution is -2.35. The first-order valence-electron chi connectivity index (χ1n) is 9.35. The van der Waals surface area contributed by atoms with Gasteiger partial charge in [0.1, 0.15) is 12.3 Å². The fourth-order valence-corrected chi connectivity index (χ4v) is 2.98. The standard InChI is InChI=1S/C21H31FN4O/c1-7-18-17(19(23-6)15(3)9-25-18)12-24-10-16-8-14(2)20(26-11-16)27-13-21(4,5)22/h8-9,11-12,19,23,25H,7,10,13H2,1-6H3. The lowest BCUT2D eigenvalue weighted by molar-refractivity contribution is 0.117. The molecule has 0 amide bonds. The summed E-state index contributed by atoms with van der Waals surface area (Å²) >= 11 is 0. The van der Waals surface area contributed by atoms with E-state index >= 15 is 0 Å².